The van der Waals surface area contributed by atoms with Crippen LogP contribution in [0.3, 0.4) is 0 Å². The fraction of sp³-hybridized carbons (Fsp3) is 0.412. The van der Waals surface area contributed by atoms with Crippen LogP contribution >= 0.6 is 11.3 Å². The predicted octanol–water partition coefficient (Wildman–Crippen LogP) is 9.09. The fourth-order valence-corrected chi connectivity index (χ4v) is 5.22. The second kappa shape index (κ2) is 14.9. The fourth-order valence-electron chi connectivity index (χ4n) is 4.10. The van der Waals surface area contributed by atoms with E-state index in [4.69, 9.17) is 28.4 Å². The van der Waals surface area contributed by atoms with Gasteiger partial charge < -0.3 is 28.4 Å². The quantitative estimate of drug-likeness (QED) is 0.190. The number of methoxy groups -OCH3 is 4. The lowest BCUT2D eigenvalue weighted by Gasteiger charge is -2.18. The standard InChI is InChI=1S/C34H44O6S/c1-11-21(3)39-33-27(35-7)17-25(18-28(33)36-8)13-15-31-23(5)24(6)32(41-31)16-14-26-19-29(37-9)34(30(20-26)38-10)40-22(4)12-2/h13-22H,11-12H2,1-10H3/b15-13+,16-14+. The molecule has 0 saturated carbocycles. The molecule has 3 aromatic rings. The van der Waals surface area contributed by atoms with Gasteiger partial charge in [0.2, 0.25) is 11.5 Å². The molecule has 2 atom stereocenters. The van der Waals surface area contributed by atoms with Crippen molar-refractivity contribution in [1.82, 2.24) is 0 Å². The summed E-state index contributed by atoms with van der Waals surface area (Å²) >= 11 is 1.75. The summed E-state index contributed by atoms with van der Waals surface area (Å²) in [5.74, 6) is 3.86. The van der Waals surface area contributed by atoms with E-state index in [2.05, 4.69) is 52.0 Å². The van der Waals surface area contributed by atoms with Crippen LogP contribution in [-0.2, 0) is 0 Å². The highest BCUT2D eigenvalue weighted by molar-refractivity contribution is 7.14. The van der Waals surface area contributed by atoms with Gasteiger partial charge in [0.25, 0.3) is 0 Å². The van der Waals surface area contributed by atoms with Crippen LogP contribution in [0.2, 0.25) is 0 Å². The molecule has 222 valence electrons. The molecular formula is C34H44O6S. The van der Waals surface area contributed by atoms with Crippen molar-refractivity contribution in [2.45, 2.75) is 66.6 Å². The van der Waals surface area contributed by atoms with Crippen LogP contribution in [0, 0.1) is 13.8 Å². The molecule has 1 aromatic heterocycles. The van der Waals surface area contributed by atoms with Crippen LogP contribution in [0.5, 0.6) is 34.5 Å². The van der Waals surface area contributed by atoms with E-state index in [-0.39, 0.29) is 12.2 Å². The van der Waals surface area contributed by atoms with Crippen LogP contribution in [-0.4, -0.2) is 40.6 Å². The Balaban J connectivity index is 1.90. The molecule has 0 aliphatic rings. The largest absolute Gasteiger partial charge is 0.493 e. The molecule has 0 radical (unpaired) electrons. The van der Waals surface area contributed by atoms with E-state index < -0.39 is 0 Å². The first-order chi connectivity index (χ1) is 19.7. The minimum absolute atomic E-state index is 0.0561. The first kappa shape index (κ1) is 31.9. The van der Waals surface area contributed by atoms with Gasteiger partial charge in [-0.2, -0.15) is 0 Å². The van der Waals surface area contributed by atoms with Gasteiger partial charge in [0, 0.05) is 9.75 Å². The van der Waals surface area contributed by atoms with Crippen LogP contribution in [0.4, 0.5) is 0 Å². The van der Waals surface area contributed by atoms with Crippen molar-refractivity contribution >= 4 is 35.6 Å². The third-order valence-corrected chi connectivity index (χ3v) is 8.45. The summed E-state index contributed by atoms with van der Waals surface area (Å²) in [6, 6.07) is 7.90. The summed E-state index contributed by atoms with van der Waals surface area (Å²) in [7, 11) is 6.59. The summed E-state index contributed by atoms with van der Waals surface area (Å²) in [5.41, 5.74) is 4.43. The predicted molar refractivity (Wildman–Crippen MR) is 172 cm³/mol. The third kappa shape index (κ3) is 7.79. The highest BCUT2D eigenvalue weighted by atomic mass is 32.1. The molecule has 1 heterocycles. The van der Waals surface area contributed by atoms with Gasteiger partial charge in [-0.05, 0) is 99.2 Å². The van der Waals surface area contributed by atoms with Crippen molar-refractivity contribution in [2.24, 2.45) is 0 Å². The maximum Gasteiger partial charge on any atom is 0.203 e. The summed E-state index contributed by atoms with van der Waals surface area (Å²) in [4.78, 5) is 2.37. The second-order valence-electron chi connectivity index (χ2n) is 9.93. The molecule has 6 nitrogen and oxygen atoms in total. The van der Waals surface area contributed by atoms with E-state index in [9.17, 15) is 0 Å². The van der Waals surface area contributed by atoms with Crippen molar-refractivity contribution in [3.8, 4) is 34.5 Å². The first-order valence-corrected chi connectivity index (χ1v) is 14.8. The van der Waals surface area contributed by atoms with Crippen LogP contribution in [0.15, 0.2) is 24.3 Å². The molecule has 2 unspecified atom stereocenters. The molecule has 0 amide bonds. The number of rotatable bonds is 14. The smallest absolute Gasteiger partial charge is 0.203 e. The Morgan fingerprint density at radius 1 is 0.585 bits per heavy atom. The zero-order valence-electron chi connectivity index (χ0n) is 26.0. The Bertz CT molecular complexity index is 1220. The summed E-state index contributed by atoms with van der Waals surface area (Å²) in [6.45, 7) is 12.5. The minimum Gasteiger partial charge on any atom is -0.493 e. The monoisotopic (exact) mass is 580 g/mol. The number of hydrogen-bond acceptors (Lipinski definition) is 7. The van der Waals surface area contributed by atoms with E-state index in [0.717, 1.165) is 24.0 Å². The Morgan fingerprint density at radius 2 is 0.902 bits per heavy atom. The van der Waals surface area contributed by atoms with E-state index in [1.165, 1.54) is 20.9 Å². The highest BCUT2D eigenvalue weighted by Gasteiger charge is 2.17. The zero-order valence-corrected chi connectivity index (χ0v) is 26.9. The lowest BCUT2D eigenvalue weighted by molar-refractivity contribution is 0.198. The van der Waals surface area contributed by atoms with Crippen LogP contribution in [0.1, 0.15) is 72.5 Å². The maximum atomic E-state index is 6.08. The molecule has 2 aromatic carbocycles. The summed E-state index contributed by atoms with van der Waals surface area (Å²) in [5, 5.41) is 0. The van der Waals surface area contributed by atoms with E-state index in [0.29, 0.717) is 34.5 Å². The average molecular weight is 581 g/mol. The van der Waals surface area contributed by atoms with Gasteiger partial charge in [0.1, 0.15) is 0 Å². The van der Waals surface area contributed by atoms with Crippen molar-refractivity contribution < 1.29 is 28.4 Å². The lowest BCUT2D eigenvalue weighted by atomic mass is 10.1. The van der Waals surface area contributed by atoms with E-state index in [1.807, 2.05) is 38.1 Å². The van der Waals surface area contributed by atoms with Gasteiger partial charge in [0.15, 0.2) is 23.0 Å². The number of hydrogen-bond donors (Lipinski definition) is 0. The number of thiophene rings is 1. The van der Waals surface area contributed by atoms with Gasteiger partial charge in [-0.15, -0.1) is 11.3 Å². The Labute approximate surface area is 249 Å². The molecule has 0 fully saturated rings. The molecule has 0 aliphatic carbocycles. The molecule has 0 bridgehead atoms. The maximum absolute atomic E-state index is 6.08. The minimum atomic E-state index is 0.0561. The second-order valence-corrected chi connectivity index (χ2v) is 11.0. The Morgan fingerprint density at radius 3 is 1.17 bits per heavy atom. The van der Waals surface area contributed by atoms with E-state index >= 15 is 0 Å². The van der Waals surface area contributed by atoms with Gasteiger partial charge in [-0.1, -0.05) is 26.0 Å². The first-order valence-electron chi connectivity index (χ1n) is 14.0. The third-order valence-electron chi connectivity index (χ3n) is 7.13. The normalized spacial score (nSPS) is 12.9. The van der Waals surface area contributed by atoms with Crippen molar-refractivity contribution in [3.63, 3.8) is 0 Å². The molecule has 0 spiro atoms. The van der Waals surface area contributed by atoms with Crippen molar-refractivity contribution in [2.75, 3.05) is 28.4 Å². The average Bonchev–Trinajstić information content (AvgIpc) is 3.26. The van der Waals surface area contributed by atoms with E-state index in [1.54, 1.807) is 39.8 Å². The molecule has 3 rings (SSSR count). The topological polar surface area (TPSA) is 55.4 Å². The molecule has 0 aliphatic heterocycles. The molecule has 0 saturated heterocycles. The summed E-state index contributed by atoms with van der Waals surface area (Å²) < 4.78 is 34.7. The van der Waals surface area contributed by atoms with Gasteiger partial charge >= 0.3 is 0 Å². The van der Waals surface area contributed by atoms with Gasteiger partial charge in [-0.3, -0.25) is 0 Å². The SMILES string of the molecule is CCC(C)Oc1c(OC)cc(/C=C/c2sc(/C=C/c3cc(OC)c(OC(C)CC)c(OC)c3)c(C)c2C)cc1OC. The number of ether oxygens (including phenoxy) is 6. The lowest BCUT2D eigenvalue weighted by Crippen LogP contribution is -2.11. The van der Waals surface area contributed by atoms with Crippen LogP contribution < -0.4 is 28.4 Å². The Hall–Kier alpha value is -3.58. The van der Waals surface area contributed by atoms with Crippen molar-refractivity contribution in [3.05, 3.63) is 56.3 Å². The zero-order chi connectivity index (χ0) is 30.1. The van der Waals surface area contributed by atoms with Gasteiger partial charge in [-0.25, -0.2) is 0 Å². The molecule has 41 heavy (non-hydrogen) atoms. The van der Waals surface area contributed by atoms with Crippen molar-refractivity contribution in [1.29, 1.82) is 0 Å². The molecule has 0 N–H and O–H groups in total. The highest BCUT2D eigenvalue weighted by Crippen LogP contribution is 2.41. The Kier molecular flexibility index (Phi) is 11.6. The molecule has 7 heteroatoms. The van der Waals surface area contributed by atoms with Crippen LogP contribution in [0.25, 0.3) is 24.3 Å². The molecular weight excluding hydrogens is 536 g/mol. The van der Waals surface area contributed by atoms with Gasteiger partial charge in [0.05, 0.1) is 40.6 Å². The summed E-state index contributed by atoms with van der Waals surface area (Å²) in [6.07, 6.45) is 10.3. The number of benzene rings is 2.